The van der Waals surface area contributed by atoms with Crippen LogP contribution in [0.4, 0.5) is 0 Å². The Morgan fingerprint density at radius 1 is 1.17 bits per heavy atom. The van der Waals surface area contributed by atoms with Crippen LogP contribution in [-0.4, -0.2) is 22.0 Å². The highest BCUT2D eigenvalue weighted by molar-refractivity contribution is 7.54. The molecule has 0 rings (SSSR count). The van der Waals surface area contributed by atoms with Crippen LogP contribution in [0, 0.1) is 0 Å². The summed E-state index contributed by atoms with van der Waals surface area (Å²) in [5, 5.41) is 0. The Bertz CT molecular complexity index is 13.5. The summed E-state index contributed by atoms with van der Waals surface area (Å²) in [6, 6.07) is 0. The van der Waals surface area contributed by atoms with Crippen molar-refractivity contribution in [2.75, 3.05) is 0 Å². The SMILES string of the molecule is Cl[SiH](Cl)Cl.O[SiH3]. The van der Waals surface area contributed by atoms with Gasteiger partial charge in [0.15, 0.2) is 0 Å². The van der Waals surface area contributed by atoms with Crippen LogP contribution in [0.15, 0.2) is 0 Å². The van der Waals surface area contributed by atoms with Gasteiger partial charge in [0.05, 0.1) is 0 Å². The first-order chi connectivity index (χ1) is 2.73. The van der Waals surface area contributed by atoms with Crippen molar-refractivity contribution in [2.24, 2.45) is 0 Å². The summed E-state index contributed by atoms with van der Waals surface area (Å²) in [6.45, 7) is -1.72. The van der Waals surface area contributed by atoms with Gasteiger partial charge in [0.2, 0.25) is 0 Å². The summed E-state index contributed by atoms with van der Waals surface area (Å²) >= 11 is 14.8. The number of rotatable bonds is 0. The number of halogens is 3. The third kappa shape index (κ3) is 59.9. The Morgan fingerprint density at radius 3 is 1.17 bits per heavy atom. The van der Waals surface area contributed by atoms with E-state index in [-0.39, 0.29) is 0 Å². The molecule has 0 aliphatic rings. The molecule has 0 aromatic heterocycles. The summed E-state index contributed by atoms with van der Waals surface area (Å²) in [4.78, 5) is 7.14. The van der Waals surface area contributed by atoms with E-state index in [0.717, 1.165) is 0 Å². The second-order valence-corrected chi connectivity index (χ2v) is 6.68. The van der Waals surface area contributed by atoms with Gasteiger partial charge in [-0.15, -0.1) is 33.2 Å². The van der Waals surface area contributed by atoms with Crippen molar-refractivity contribution >= 4 is 50.4 Å². The summed E-state index contributed by atoms with van der Waals surface area (Å²) in [5.74, 6) is 0. The van der Waals surface area contributed by atoms with Gasteiger partial charge < -0.3 is 4.80 Å². The van der Waals surface area contributed by atoms with E-state index in [9.17, 15) is 0 Å². The molecule has 0 spiro atoms. The number of hydrogen-bond acceptors (Lipinski definition) is 1. The molecular weight excluding hydrogens is 179 g/mol. The molecule has 6 heavy (non-hydrogen) atoms. The van der Waals surface area contributed by atoms with Gasteiger partial charge in [0.1, 0.15) is 10.5 Å². The lowest BCUT2D eigenvalue weighted by Crippen LogP contribution is -1.66. The zero-order valence-corrected chi connectivity index (χ0v) is 8.58. The highest BCUT2D eigenvalue weighted by Gasteiger charge is 1.85. The smallest absolute Gasteiger partial charge is 0.326 e. The summed E-state index contributed by atoms with van der Waals surface area (Å²) < 4.78 is 0. The maximum atomic E-state index is 7.14. The predicted octanol–water partition coefficient (Wildman–Crippen LogP) is -0.321. The van der Waals surface area contributed by atoms with Crippen LogP contribution < -0.4 is 0 Å². The van der Waals surface area contributed by atoms with Crippen LogP contribution in [-0.2, 0) is 0 Å². The highest BCUT2D eigenvalue weighted by Crippen LogP contribution is 1.97. The molecule has 0 amide bonds. The Kier molecular flexibility index (Phi) is 16.4. The standard InChI is InChI=1S/Cl3HSi.H4OSi/c1-4(2)3;1-2/h4H;1H,2H3. The lowest BCUT2D eigenvalue weighted by molar-refractivity contribution is 0.629. The zero-order valence-electron chi connectivity index (χ0n) is 3.16. The van der Waals surface area contributed by atoms with Gasteiger partial charge in [0.25, 0.3) is 0 Å². The van der Waals surface area contributed by atoms with Crippen molar-refractivity contribution in [3.8, 4) is 0 Å². The lowest BCUT2D eigenvalue weighted by atomic mass is 15.9. The largest absolute Gasteiger partial charge is 0.442 e. The van der Waals surface area contributed by atoms with Crippen molar-refractivity contribution < 1.29 is 4.80 Å². The minimum Gasteiger partial charge on any atom is -0.442 e. The van der Waals surface area contributed by atoms with Gasteiger partial charge >= 0.3 is 6.73 Å². The zero-order chi connectivity index (χ0) is 5.58. The molecule has 1 N–H and O–H groups in total. The van der Waals surface area contributed by atoms with Gasteiger partial charge in [0, 0.05) is 0 Å². The van der Waals surface area contributed by atoms with Gasteiger partial charge in [-0.1, -0.05) is 0 Å². The fourth-order valence-corrected chi connectivity index (χ4v) is 0. The third-order valence-electron chi connectivity index (χ3n) is 0. The van der Waals surface area contributed by atoms with Crippen LogP contribution in [0.2, 0.25) is 0 Å². The molecule has 0 fully saturated rings. The van der Waals surface area contributed by atoms with E-state index in [4.69, 9.17) is 38.0 Å². The molecule has 0 atom stereocenters. The van der Waals surface area contributed by atoms with Crippen LogP contribution >= 0.6 is 33.2 Å². The first-order valence-corrected chi connectivity index (χ1v) is 7.23. The van der Waals surface area contributed by atoms with Crippen molar-refractivity contribution in [3.63, 3.8) is 0 Å². The molecule has 1 nitrogen and oxygen atoms in total. The van der Waals surface area contributed by atoms with E-state index in [0.29, 0.717) is 10.5 Å². The first-order valence-electron chi connectivity index (χ1n) is 1.10. The van der Waals surface area contributed by atoms with E-state index in [1.165, 1.54) is 0 Å². The van der Waals surface area contributed by atoms with E-state index in [2.05, 4.69) is 0 Å². The fourth-order valence-electron chi connectivity index (χ4n) is 0. The molecule has 6 heteroatoms. The minimum absolute atomic E-state index is 0.306. The Hall–Kier alpha value is 1.26. The van der Waals surface area contributed by atoms with Crippen LogP contribution in [0.3, 0.4) is 0 Å². The highest BCUT2D eigenvalue weighted by atomic mass is 35.8. The predicted molar refractivity (Wildman–Crippen MR) is 36.9 cm³/mol. The Labute approximate surface area is 55.5 Å². The second kappa shape index (κ2) is 9.55. The fraction of sp³-hybridized carbons (Fsp3) is 0. The van der Waals surface area contributed by atoms with Crippen molar-refractivity contribution in [1.29, 1.82) is 0 Å². The molecule has 40 valence electrons. The molecule has 0 aromatic rings. The molecule has 0 aromatic carbocycles. The Morgan fingerprint density at radius 2 is 1.17 bits per heavy atom. The van der Waals surface area contributed by atoms with Gasteiger partial charge in [-0.2, -0.15) is 0 Å². The van der Waals surface area contributed by atoms with E-state index < -0.39 is 6.73 Å². The molecule has 0 radical (unpaired) electrons. The van der Waals surface area contributed by atoms with Gasteiger partial charge in [-0.3, -0.25) is 0 Å². The topological polar surface area (TPSA) is 20.2 Å². The van der Waals surface area contributed by atoms with Crippen LogP contribution in [0.1, 0.15) is 0 Å². The quantitative estimate of drug-likeness (QED) is 0.403. The van der Waals surface area contributed by atoms with Crippen LogP contribution in [0.5, 0.6) is 0 Å². The van der Waals surface area contributed by atoms with E-state index in [1.54, 1.807) is 0 Å². The average molecular weight is 184 g/mol. The minimum atomic E-state index is -1.72. The van der Waals surface area contributed by atoms with E-state index >= 15 is 0 Å². The average Bonchev–Trinajstić information content (AvgIpc) is 1.41. The summed E-state index contributed by atoms with van der Waals surface area (Å²) in [6.07, 6.45) is 0. The van der Waals surface area contributed by atoms with Crippen molar-refractivity contribution in [3.05, 3.63) is 0 Å². The molecule has 0 bridgehead atoms. The van der Waals surface area contributed by atoms with Crippen molar-refractivity contribution in [2.45, 2.75) is 0 Å². The normalized spacial score (nSPS) is 7.50. The van der Waals surface area contributed by atoms with Gasteiger partial charge in [-0.25, -0.2) is 0 Å². The van der Waals surface area contributed by atoms with E-state index in [1.807, 2.05) is 0 Å². The second-order valence-electron chi connectivity index (χ2n) is 0.247. The molecule has 0 saturated heterocycles. The molecule has 0 aliphatic carbocycles. The van der Waals surface area contributed by atoms with Crippen molar-refractivity contribution in [1.82, 2.24) is 0 Å². The monoisotopic (exact) mass is 182 g/mol. The molecule has 0 aliphatic heterocycles. The number of hydrogen-bond donors (Lipinski definition) is 1. The molecule has 0 saturated carbocycles. The van der Waals surface area contributed by atoms with Gasteiger partial charge in [-0.05, 0) is 0 Å². The first kappa shape index (κ1) is 10.3. The lowest BCUT2D eigenvalue weighted by Gasteiger charge is -1.65. The Balaban J connectivity index is 0. The maximum absolute atomic E-state index is 7.14. The molecule has 0 unspecified atom stereocenters. The molecular formula is H5Cl3OSi2. The summed E-state index contributed by atoms with van der Waals surface area (Å²) in [5.41, 5.74) is 0. The molecule has 0 heterocycles. The third-order valence-corrected chi connectivity index (χ3v) is 0. The van der Waals surface area contributed by atoms with Crippen LogP contribution in [0.25, 0.3) is 0 Å². The summed E-state index contributed by atoms with van der Waals surface area (Å²) in [7, 11) is 0.306. The maximum Gasteiger partial charge on any atom is 0.326 e.